The molecule has 13 heavy (non-hydrogen) atoms. The maximum Gasteiger partial charge on any atom is 0.331 e. The zero-order valence-electron chi connectivity index (χ0n) is 7.65. The van der Waals surface area contributed by atoms with Crippen LogP contribution in [0, 0.1) is 5.92 Å². The fourth-order valence-electron chi connectivity index (χ4n) is 1.00. The van der Waals surface area contributed by atoms with E-state index in [1.807, 2.05) is 13.8 Å². The van der Waals surface area contributed by atoms with Crippen LogP contribution in [-0.4, -0.2) is 11.1 Å². The van der Waals surface area contributed by atoms with Crippen molar-refractivity contribution in [2.75, 3.05) is 0 Å². The molecule has 70 valence electrons. The molecule has 0 atom stereocenters. The summed E-state index contributed by atoms with van der Waals surface area (Å²) in [6.45, 7) is 3.67. The quantitative estimate of drug-likeness (QED) is 0.726. The Kier molecular flexibility index (Phi) is 2.90. The lowest BCUT2D eigenvalue weighted by atomic mass is 10.0. The summed E-state index contributed by atoms with van der Waals surface area (Å²) in [6.07, 6.45) is 3.07. The summed E-state index contributed by atoms with van der Waals surface area (Å²) in [5, 5.41) is 8.83. The molecule has 0 bridgehead atoms. The number of carbonyl (C=O) groups is 1. The fourth-order valence-corrected chi connectivity index (χ4v) is 1.00. The zero-order valence-corrected chi connectivity index (χ0v) is 7.65. The summed E-state index contributed by atoms with van der Waals surface area (Å²) >= 11 is 0. The van der Waals surface area contributed by atoms with Crippen LogP contribution in [-0.2, 0) is 4.79 Å². The molecule has 3 heteroatoms. The first-order chi connectivity index (χ1) is 6.11. The number of carboxylic acid groups (broad SMARTS) is 1. The average molecular weight is 180 g/mol. The first kappa shape index (κ1) is 9.58. The summed E-state index contributed by atoms with van der Waals surface area (Å²) in [5.74, 6) is -0.333. The molecule has 0 saturated carbocycles. The van der Waals surface area contributed by atoms with Gasteiger partial charge in [-0.2, -0.15) is 0 Å². The van der Waals surface area contributed by atoms with Gasteiger partial charge in [-0.3, -0.25) is 0 Å². The van der Waals surface area contributed by atoms with Crippen LogP contribution in [0.1, 0.15) is 19.6 Å². The minimum absolute atomic E-state index is 0.0115. The van der Waals surface area contributed by atoms with E-state index in [1.165, 1.54) is 6.26 Å². The molecule has 0 unspecified atom stereocenters. The summed E-state index contributed by atoms with van der Waals surface area (Å²) in [6, 6.07) is 3.46. The Labute approximate surface area is 76.7 Å². The number of rotatable bonds is 3. The van der Waals surface area contributed by atoms with Crippen molar-refractivity contribution in [3.8, 4) is 0 Å². The van der Waals surface area contributed by atoms with Crippen LogP contribution in [0.4, 0.5) is 0 Å². The Morgan fingerprint density at radius 3 is 2.69 bits per heavy atom. The Balaban J connectivity index is 2.94. The SMILES string of the molecule is CC(C)/C(=C\c1ccco1)C(=O)O. The highest BCUT2D eigenvalue weighted by molar-refractivity contribution is 5.92. The minimum Gasteiger partial charge on any atom is -0.478 e. The molecule has 1 heterocycles. The van der Waals surface area contributed by atoms with Gasteiger partial charge in [0.1, 0.15) is 5.76 Å². The van der Waals surface area contributed by atoms with Crippen molar-refractivity contribution in [3.05, 3.63) is 29.7 Å². The standard InChI is InChI=1S/C10H12O3/c1-7(2)9(10(11)12)6-8-4-3-5-13-8/h3-7H,1-2H3,(H,11,12)/b9-6+. The van der Waals surface area contributed by atoms with E-state index in [1.54, 1.807) is 18.2 Å². The molecule has 3 nitrogen and oxygen atoms in total. The van der Waals surface area contributed by atoms with Crippen LogP contribution in [0.25, 0.3) is 6.08 Å². The largest absolute Gasteiger partial charge is 0.478 e. The van der Waals surface area contributed by atoms with Gasteiger partial charge < -0.3 is 9.52 Å². The van der Waals surface area contributed by atoms with Gasteiger partial charge in [0, 0.05) is 5.57 Å². The fraction of sp³-hybridized carbons (Fsp3) is 0.300. The highest BCUT2D eigenvalue weighted by Crippen LogP contribution is 2.14. The van der Waals surface area contributed by atoms with E-state index < -0.39 is 5.97 Å². The first-order valence-corrected chi connectivity index (χ1v) is 4.09. The topological polar surface area (TPSA) is 50.4 Å². The average Bonchev–Trinajstić information content (AvgIpc) is 2.50. The van der Waals surface area contributed by atoms with E-state index in [2.05, 4.69) is 0 Å². The minimum atomic E-state index is -0.897. The lowest BCUT2D eigenvalue weighted by molar-refractivity contribution is -0.133. The third-order valence-electron chi connectivity index (χ3n) is 1.71. The van der Waals surface area contributed by atoms with E-state index in [4.69, 9.17) is 9.52 Å². The van der Waals surface area contributed by atoms with E-state index in [0.717, 1.165) is 0 Å². The molecule has 0 aromatic carbocycles. The molecule has 0 aliphatic rings. The molecule has 0 spiro atoms. The lowest BCUT2D eigenvalue weighted by Crippen LogP contribution is -2.06. The molecule has 0 saturated heterocycles. The molecule has 1 aromatic heterocycles. The van der Waals surface area contributed by atoms with Gasteiger partial charge in [0.05, 0.1) is 6.26 Å². The summed E-state index contributed by atoms with van der Waals surface area (Å²) in [5.41, 5.74) is 0.356. The maximum absolute atomic E-state index is 10.8. The number of furan rings is 1. The van der Waals surface area contributed by atoms with Crippen LogP contribution >= 0.6 is 0 Å². The summed E-state index contributed by atoms with van der Waals surface area (Å²) < 4.78 is 5.02. The molecule has 0 aliphatic carbocycles. The van der Waals surface area contributed by atoms with Crippen molar-refractivity contribution in [3.63, 3.8) is 0 Å². The van der Waals surface area contributed by atoms with Gasteiger partial charge in [-0.15, -0.1) is 0 Å². The highest BCUT2D eigenvalue weighted by atomic mass is 16.4. The number of hydrogen-bond acceptors (Lipinski definition) is 2. The molecule has 1 aromatic rings. The number of hydrogen-bond donors (Lipinski definition) is 1. The summed E-state index contributed by atoms with van der Waals surface area (Å²) in [4.78, 5) is 10.8. The van der Waals surface area contributed by atoms with Crippen molar-refractivity contribution in [2.45, 2.75) is 13.8 Å². The van der Waals surface area contributed by atoms with Crippen molar-refractivity contribution in [1.29, 1.82) is 0 Å². The molecule has 1 rings (SSSR count). The monoisotopic (exact) mass is 180 g/mol. The lowest BCUT2D eigenvalue weighted by Gasteiger charge is -2.04. The molecule has 0 amide bonds. The Morgan fingerprint density at radius 1 is 1.62 bits per heavy atom. The normalized spacial score (nSPS) is 12.1. The molecule has 0 aliphatic heterocycles. The van der Waals surface area contributed by atoms with Crippen LogP contribution in [0.5, 0.6) is 0 Å². The molecule has 0 fully saturated rings. The molecular formula is C10H12O3. The van der Waals surface area contributed by atoms with Crippen LogP contribution in [0.3, 0.4) is 0 Å². The van der Waals surface area contributed by atoms with Crippen LogP contribution in [0.15, 0.2) is 28.4 Å². The highest BCUT2D eigenvalue weighted by Gasteiger charge is 2.11. The van der Waals surface area contributed by atoms with Gasteiger partial charge in [0.15, 0.2) is 0 Å². The molecular weight excluding hydrogens is 168 g/mol. The predicted molar refractivity (Wildman–Crippen MR) is 49.2 cm³/mol. The Bertz CT molecular complexity index is 307. The third-order valence-corrected chi connectivity index (χ3v) is 1.71. The smallest absolute Gasteiger partial charge is 0.331 e. The number of aliphatic carboxylic acids is 1. The van der Waals surface area contributed by atoms with Crippen molar-refractivity contribution in [2.24, 2.45) is 5.92 Å². The first-order valence-electron chi connectivity index (χ1n) is 4.09. The van der Waals surface area contributed by atoms with Gasteiger partial charge in [0.2, 0.25) is 0 Å². The van der Waals surface area contributed by atoms with Gasteiger partial charge in [0.25, 0.3) is 0 Å². The van der Waals surface area contributed by atoms with Gasteiger partial charge in [-0.05, 0) is 24.1 Å². The zero-order chi connectivity index (χ0) is 9.84. The maximum atomic E-state index is 10.8. The van der Waals surface area contributed by atoms with Crippen molar-refractivity contribution < 1.29 is 14.3 Å². The van der Waals surface area contributed by atoms with Crippen molar-refractivity contribution >= 4 is 12.0 Å². The predicted octanol–water partition coefficient (Wildman–Crippen LogP) is 2.40. The molecule has 0 radical (unpaired) electrons. The van der Waals surface area contributed by atoms with E-state index in [0.29, 0.717) is 11.3 Å². The second-order valence-electron chi connectivity index (χ2n) is 3.07. The van der Waals surface area contributed by atoms with Crippen LogP contribution < -0.4 is 0 Å². The van der Waals surface area contributed by atoms with Gasteiger partial charge >= 0.3 is 5.97 Å². The van der Waals surface area contributed by atoms with E-state index in [9.17, 15) is 4.79 Å². The van der Waals surface area contributed by atoms with Crippen molar-refractivity contribution in [1.82, 2.24) is 0 Å². The number of carboxylic acids is 1. The Hall–Kier alpha value is -1.51. The Morgan fingerprint density at radius 2 is 2.31 bits per heavy atom. The second kappa shape index (κ2) is 3.94. The van der Waals surface area contributed by atoms with Gasteiger partial charge in [-0.1, -0.05) is 13.8 Å². The van der Waals surface area contributed by atoms with E-state index >= 15 is 0 Å². The second-order valence-corrected chi connectivity index (χ2v) is 3.07. The summed E-state index contributed by atoms with van der Waals surface area (Å²) in [7, 11) is 0. The van der Waals surface area contributed by atoms with Gasteiger partial charge in [-0.25, -0.2) is 4.79 Å². The third kappa shape index (κ3) is 2.47. The van der Waals surface area contributed by atoms with E-state index in [-0.39, 0.29) is 5.92 Å². The van der Waals surface area contributed by atoms with Crippen LogP contribution in [0.2, 0.25) is 0 Å². The molecule has 1 N–H and O–H groups in total.